The molecule has 0 aromatic heterocycles. The molecule has 0 saturated carbocycles. The smallest absolute Gasteiger partial charge is 0.307 e. The fourth-order valence-electron chi connectivity index (χ4n) is 1.15. The molecule has 14 heavy (non-hydrogen) atoms. The van der Waals surface area contributed by atoms with Gasteiger partial charge in [0.25, 0.3) is 0 Å². The number of rotatable bonds is 7. The molecule has 0 aromatic carbocycles. The molecule has 0 aliphatic carbocycles. The van der Waals surface area contributed by atoms with Gasteiger partial charge in [-0.1, -0.05) is 6.92 Å². The second-order valence-corrected chi connectivity index (χ2v) is 3.64. The molecule has 0 saturated heterocycles. The molecule has 3 atom stereocenters. The Hall–Kier alpha value is -0.610. The van der Waals surface area contributed by atoms with Gasteiger partial charge in [-0.05, 0) is 20.8 Å². The van der Waals surface area contributed by atoms with E-state index in [4.69, 9.17) is 9.84 Å². The van der Waals surface area contributed by atoms with Crippen LogP contribution in [0, 0.1) is 5.92 Å². The van der Waals surface area contributed by atoms with Gasteiger partial charge in [0.05, 0.1) is 12.5 Å². The summed E-state index contributed by atoms with van der Waals surface area (Å²) in [6.07, 6.45) is 0. The van der Waals surface area contributed by atoms with Crippen molar-refractivity contribution in [3.05, 3.63) is 0 Å². The molecular weight excluding hydrogens is 182 g/mol. The lowest BCUT2D eigenvalue weighted by molar-refractivity contribution is -0.142. The summed E-state index contributed by atoms with van der Waals surface area (Å²) in [5, 5.41) is 12.0. The summed E-state index contributed by atoms with van der Waals surface area (Å²) in [6, 6.07) is 0.148. The normalized spacial score (nSPS) is 17.4. The van der Waals surface area contributed by atoms with Gasteiger partial charge >= 0.3 is 5.97 Å². The summed E-state index contributed by atoms with van der Waals surface area (Å²) >= 11 is 0. The van der Waals surface area contributed by atoms with E-state index in [0.717, 1.165) is 0 Å². The first-order chi connectivity index (χ1) is 6.49. The Balaban J connectivity index is 3.80. The summed E-state index contributed by atoms with van der Waals surface area (Å²) < 4.78 is 5.23. The number of hydrogen-bond donors (Lipinski definition) is 2. The first kappa shape index (κ1) is 13.4. The number of carbonyl (C=O) groups is 1. The van der Waals surface area contributed by atoms with E-state index in [1.54, 1.807) is 6.92 Å². The lowest BCUT2D eigenvalue weighted by Crippen LogP contribution is -2.43. The van der Waals surface area contributed by atoms with Gasteiger partial charge in [-0.25, -0.2) is 0 Å². The van der Waals surface area contributed by atoms with Crippen LogP contribution in [0.15, 0.2) is 0 Å². The Morgan fingerprint density at radius 1 is 1.43 bits per heavy atom. The molecule has 4 nitrogen and oxygen atoms in total. The predicted octanol–water partition coefficient (Wildman–Crippen LogP) is 1.11. The van der Waals surface area contributed by atoms with Crippen molar-refractivity contribution in [2.24, 2.45) is 5.92 Å². The highest BCUT2D eigenvalue weighted by molar-refractivity contribution is 5.70. The van der Waals surface area contributed by atoms with Gasteiger partial charge in [0.1, 0.15) is 0 Å². The Morgan fingerprint density at radius 2 is 2.00 bits per heavy atom. The molecule has 0 aliphatic heterocycles. The number of hydrogen-bond acceptors (Lipinski definition) is 3. The third kappa shape index (κ3) is 5.19. The first-order valence-corrected chi connectivity index (χ1v) is 5.05. The molecule has 0 heterocycles. The molecule has 0 fully saturated rings. The topological polar surface area (TPSA) is 58.6 Å². The maximum absolute atomic E-state index is 10.7. The van der Waals surface area contributed by atoms with Crippen molar-refractivity contribution in [1.82, 2.24) is 5.32 Å². The van der Waals surface area contributed by atoms with Crippen LogP contribution in [0.4, 0.5) is 0 Å². The molecule has 0 amide bonds. The van der Waals surface area contributed by atoms with Crippen LogP contribution in [-0.2, 0) is 9.53 Å². The summed E-state index contributed by atoms with van der Waals surface area (Å²) in [7, 11) is 0. The quantitative estimate of drug-likeness (QED) is 0.650. The standard InChI is InChI=1S/C10H21NO3/c1-5-14-6-7(2)11-9(4)8(3)10(12)13/h7-9,11H,5-6H2,1-4H3,(H,12,13). The van der Waals surface area contributed by atoms with Gasteiger partial charge in [0, 0.05) is 18.7 Å². The van der Waals surface area contributed by atoms with E-state index in [1.807, 2.05) is 20.8 Å². The van der Waals surface area contributed by atoms with Crippen molar-refractivity contribution < 1.29 is 14.6 Å². The molecule has 3 unspecified atom stereocenters. The molecule has 0 bridgehead atoms. The number of carboxylic acids is 1. The molecule has 4 heteroatoms. The van der Waals surface area contributed by atoms with Crippen molar-refractivity contribution in [2.75, 3.05) is 13.2 Å². The van der Waals surface area contributed by atoms with Crippen molar-refractivity contribution in [3.63, 3.8) is 0 Å². The zero-order valence-corrected chi connectivity index (χ0v) is 9.41. The zero-order valence-electron chi connectivity index (χ0n) is 9.41. The molecule has 0 aliphatic rings. The number of aliphatic carboxylic acids is 1. The van der Waals surface area contributed by atoms with E-state index in [1.165, 1.54) is 0 Å². The summed E-state index contributed by atoms with van der Waals surface area (Å²) in [5.74, 6) is -1.15. The minimum atomic E-state index is -0.770. The Kier molecular flexibility index (Phi) is 6.49. The fraction of sp³-hybridized carbons (Fsp3) is 0.900. The summed E-state index contributed by atoms with van der Waals surface area (Å²) in [5.41, 5.74) is 0. The number of nitrogens with one attached hydrogen (secondary N) is 1. The van der Waals surface area contributed by atoms with Gasteiger partial charge < -0.3 is 15.2 Å². The highest BCUT2D eigenvalue weighted by Crippen LogP contribution is 2.03. The highest BCUT2D eigenvalue weighted by atomic mass is 16.5. The van der Waals surface area contributed by atoms with Gasteiger partial charge in [-0.2, -0.15) is 0 Å². The third-order valence-corrected chi connectivity index (χ3v) is 2.26. The van der Waals surface area contributed by atoms with Crippen LogP contribution < -0.4 is 5.32 Å². The van der Waals surface area contributed by atoms with E-state index in [-0.39, 0.29) is 18.0 Å². The molecule has 0 aromatic rings. The SMILES string of the molecule is CCOCC(C)NC(C)C(C)C(=O)O. The van der Waals surface area contributed by atoms with Gasteiger partial charge in [-0.15, -0.1) is 0 Å². The second-order valence-electron chi connectivity index (χ2n) is 3.64. The number of ether oxygens (including phenoxy) is 1. The van der Waals surface area contributed by atoms with Crippen LogP contribution in [0.1, 0.15) is 27.7 Å². The fourth-order valence-corrected chi connectivity index (χ4v) is 1.15. The highest BCUT2D eigenvalue weighted by Gasteiger charge is 2.20. The number of carboxylic acid groups (broad SMARTS) is 1. The van der Waals surface area contributed by atoms with Crippen LogP contribution in [-0.4, -0.2) is 36.4 Å². The Labute approximate surface area is 85.6 Å². The van der Waals surface area contributed by atoms with Gasteiger partial charge in [0.15, 0.2) is 0 Å². The third-order valence-electron chi connectivity index (χ3n) is 2.26. The average molecular weight is 203 g/mol. The van der Waals surface area contributed by atoms with Crippen molar-refractivity contribution in [2.45, 2.75) is 39.8 Å². The van der Waals surface area contributed by atoms with Crippen molar-refractivity contribution in [3.8, 4) is 0 Å². The second kappa shape index (κ2) is 6.79. The molecule has 84 valence electrons. The molecule has 2 N–H and O–H groups in total. The monoisotopic (exact) mass is 203 g/mol. The molecular formula is C10H21NO3. The molecule has 0 rings (SSSR count). The maximum Gasteiger partial charge on any atom is 0.307 e. The first-order valence-electron chi connectivity index (χ1n) is 5.05. The van der Waals surface area contributed by atoms with Crippen molar-refractivity contribution >= 4 is 5.97 Å². The molecule has 0 radical (unpaired) electrons. The van der Waals surface area contributed by atoms with Gasteiger partial charge in [0.2, 0.25) is 0 Å². The van der Waals surface area contributed by atoms with Crippen LogP contribution in [0.5, 0.6) is 0 Å². The van der Waals surface area contributed by atoms with E-state index >= 15 is 0 Å². The Bertz CT molecular complexity index is 173. The Morgan fingerprint density at radius 3 is 2.43 bits per heavy atom. The molecule has 0 spiro atoms. The van der Waals surface area contributed by atoms with Crippen LogP contribution in [0.25, 0.3) is 0 Å². The minimum absolute atomic E-state index is 0.0389. The van der Waals surface area contributed by atoms with E-state index in [9.17, 15) is 4.79 Å². The lowest BCUT2D eigenvalue weighted by Gasteiger charge is -2.22. The zero-order chi connectivity index (χ0) is 11.1. The van der Waals surface area contributed by atoms with Gasteiger partial charge in [-0.3, -0.25) is 4.79 Å². The summed E-state index contributed by atoms with van der Waals surface area (Å²) in [4.78, 5) is 10.7. The van der Waals surface area contributed by atoms with Crippen LogP contribution in [0.2, 0.25) is 0 Å². The average Bonchev–Trinajstić information content (AvgIpc) is 2.13. The summed E-state index contributed by atoms with van der Waals surface area (Å²) in [6.45, 7) is 8.81. The maximum atomic E-state index is 10.7. The van der Waals surface area contributed by atoms with Crippen LogP contribution >= 0.6 is 0 Å². The van der Waals surface area contributed by atoms with Crippen molar-refractivity contribution in [1.29, 1.82) is 0 Å². The largest absolute Gasteiger partial charge is 0.481 e. The predicted molar refractivity (Wildman–Crippen MR) is 55.4 cm³/mol. The minimum Gasteiger partial charge on any atom is -0.481 e. The van der Waals surface area contributed by atoms with E-state index < -0.39 is 5.97 Å². The van der Waals surface area contributed by atoms with Crippen LogP contribution in [0.3, 0.4) is 0 Å². The lowest BCUT2D eigenvalue weighted by atomic mass is 10.0. The van der Waals surface area contributed by atoms with E-state index in [2.05, 4.69) is 5.32 Å². The van der Waals surface area contributed by atoms with E-state index in [0.29, 0.717) is 13.2 Å².